The Morgan fingerprint density at radius 2 is 1.12 bits per heavy atom. The molecule has 0 radical (unpaired) electrons. The number of quaternary nitrogens is 2. The number of rotatable bonds is 6. The fourth-order valence-electron chi connectivity index (χ4n) is 14.6. The van der Waals surface area contributed by atoms with Crippen LogP contribution in [0.5, 0.6) is 0 Å². The molecule has 11 rings (SSSR count). The molecular weight excluding hydrogens is 652 g/mol. The van der Waals surface area contributed by atoms with Gasteiger partial charge >= 0.3 is 0 Å². The molecule has 2 aliphatic carbocycles. The number of hydrogen-bond donors (Lipinski definition) is 2. The number of hydrogen-bond acceptors (Lipinski definition) is 4. The number of aliphatic hydroxyl groups is 2. The Kier molecular flexibility index (Phi) is 6.86. The Balaban J connectivity index is 0.00000327. The van der Waals surface area contributed by atoms with Crippen molar-refractivity contribution in [1.82, 2.24) is 0 Å². The molecule has 264 valence electrons. The third-order valence-corrected chi connectivity index (χ3v) is 15.9. The van der Waals surface area contributed by atoms with Crippen LogP contribution >= 0.6 is 0 Å². The van der Waals surface area contributed by atoms with E-state index in [0.29, 0.717) is 23.9 Å². The molecule has 0 aromatic heterocycles. The number of fused-ring (bicyclic) bond motifs is 8. The average Bonchev–Trinajstić information content (AvgIpc) is 3.81. The van der Waals surface area contributed by atoms with Gasteiger partial charge in [0.1, 0.15) is 25.2 Å². The lowest BCUT2D eigenvalue weighted by molar-refractivity contribution is -0.937. The van der Waals surface area contributed by atoms with Crippen LogP contribution in [0.25, 0.3) is 0 Å². The van der Waals surface area contributed by atoms with Crippen molar-refractivity contribution in [1.29, 1.82) is 0 Å². The summed E-state index contributed by atoms with van der Waals surface area (Å²) in [5.41, 5.74) is 11.8. The standard InChI is InChI=1S/C44H50N4O2.ClH/c1-3-17-47-19-15-43-35-9-5-7-11-37(35)45-26-34-32-24-40-44(16-20-48(40,18-4-2)28-30(32)14-22-50)36-10-6-8-12-38(36)46(42(34)44)25-33(41(43)45)31(23-39(43)47)29(27-47)13-21-49;/h3-14,25-26,31-32,39-42,49-50H,1-2,15-24,27-28H2;1H/q+2;/p-1/b29-13+,30-14+,33-25-,34-26-;/t31-,32-,39-,40-,41?,42?,43+,44+,47-,48-;/m0./s1. The van der Waals surface area contributed by atoms with E-state index >= 15 is 0 Å². The van der Waals surface area contributed by atoms with Gasteiger partial charge in [0.25, 0.3) is 0 Å². The molecular formula is C44H50ClN4O2+. The van der Waals surface area contributed by atoms with Crippen LogP contribution in [0, 0.1) is 11.8 Å². The summed E-state index contributed by atoms with van der Waals surface area (Å²) in [6.07, 6.45) is 18.6. The lowest BCUT2D eigenvalue weighted by atomic mass is 9.56. The highest BCUT2D eigenvalue weighted by Crippen LogP contribution is 2.69. The third-order valence-electron chi connectivity index (χ3n) is 15.9. The number of piperidine rings is 2. The lowest BCUT2D eigenvalue weighted by Gasteiger charge is -2.59. The Hall–Kier alpha value is -3.39. The normalized spacial score (nSPS) is 44.6. The number of halogens is 1. The number of nitrogens with zero attached hydrogens (tertiary/aromatic N) is 4. The lowest BCUT2D eigenvalue weighted by Crippen LogP contribution is -3.00. The van der Waals surface area contributed by atoms with Gasteiger partial charge in [0.2, 0.25) is 0 Å². The summed E-state index contributed by atoms with van der Waals surface area (Å²) in [6, 6.07) is 20.3. The predicted octanol–water partition coefficient (Wildman–Crippen LogP) is 2.48. The van der Waals surface area contributed by atoms with E-state index in [1.165, 1.54) is 33.6 Å². The van der Waals surface area contributed by atoms with E-state index in [9.17, 15) is 10.2 Å². The molecule has 0 amide bonds. The first-order valence-electron chi connectivity index (χ1n) is 19.2. The second-order valence-electron chi connectivity index (χ2n) is 17.2. The van der Waals surface area contributed by atoms with Crippen LogP contribution in [0.3, 0.4) is 0 Å². The summed E-state index contributed by atoms with van der Waals surface area (Å²) in [4.78, 5) is 5.54. The van der Waals surface area contributed by atoms with Crippen LogP contribution in [0.2, 0.25) is 0 Å². The first-order valence-corrected chi connectivity index (χ1v) is 19.2. The van der Waals surface area contributed by atoms with Gasteiger partial charge in [-0.3, -0.25) is 0 Å². The summed E-state index contributed by atoms with van der Waals surface area (Å²) in [5.74, 6) is 0.615. The molecule has 6 fully saturated rings. The van der Waals surface area contributed by atoms with Crippen molar-refractivity contribution in [3.05, 3.63) is 132 Å². The monoisotopic (exact) mass is 701 g/mol. The maximum Gasteiger partial charge on any atom is 0.103 e. The van der Waals surface area contributed by atoms with Crippen LogP contribution in [-0.2, 0) is 10.8 Å². The highest BCUT2D eigenvalue weighted by Gasteiger charge is 2.75. The Morgan fingerprint density at radius 3 is 1.53 bits per heavy atom. The van der Waals surface area contributed by atoms with Crippen molar-refractivity contribution in [2.45, 2.75) is 60.7 Å². The summed E-state index contributed by atoms with van der Waals surface area (Å²) in [5, 5.41) is 20.9. The van der Waals surface area contributed by atoms with Crippen molar-refractivity contribution in [2.75, 3.05) is 62.3 Å². The SMILES string of the molecule is C=CC[N@@+]12CC[C@]34c5ccccc5N5/C=C6\C7N(/C=C(\C53)[C@@H](C[C@@H]41)/C(=C/CO)C2)c1ccccc1[C@@]71CC[N@@+]2(CC=C)C/C(=C\CO)[C@@H]6C[C@@H]12.[Cl-]. The molecule has 2 unspecified atom stereocenters. The second kappa shape index (κ2) is 10.8. The van der Waals surface area contributed by atoms with E-state index < -0.39 is 0 Å². The number of anilines is 2. The van der Waals surface area contributed by atoms with E-state index in [4.69, 9.17) is 0 Å². The molecule has 4 bridgehead atoms. The third kappa shape index (κ3) is 3.60. The van der Waals surface area contributed by atoms with Crippen molar-refractivity contribution >= 4 is 11.4 Å². The summed E-state index contributed by atoms with van der Waals surface area (Å²) in [6.45, 7) is 15.0. The van der Waals surface area contributed by atoms with Gasteiger partial charge in [-0.25, -0.2) is 0 Å². The van der Waals surface area contributed by atoms with Gasteiger partial charge in [0.15, 0.2) is 0 Å². The van der Waals surface area contributed by atoms with E-state index in [0.717, 1.165) is 73.9 Å². The Labute approximate surface area is 308 Å². The van der Waals surface area contributed by atoms with Gasteiger partial charge in [-0.05, 0) is 57.7 Å². The van der Waals surface area contributed by atoms with Gasteiger partial charge in [-0.1, -0.05) is 61.7 Å². The number of benzene rings is 2. The zero-order chi connectivity index (χ0) is 33.6. The minimum Gasteiger partial charge on any atom is -1.00 e. The minimum absolute atomic E-state index is 0. The molecule has 2 aromatic rings. The topological polar surface area (TPSA) is 46.9 Å². The van der Waals surface area contributed by atoms with Crippen molar-refractivity contribution in [2.24, 2.45) is 11.8 Å². The quantitative estimate of drug-likeness (QED) is 0.359. The number of aliphatic hydroxyl groups excluding tert-OH is 2. The molecule has 7 aliphatic heterocycles. The van der Waals surface area contributed by atoms with E-state index in [1.54, 1.807) is 11.1 Å². The highest BCUT2D eigenvalue weighted by atomic mass is 35.5. The Bertz CT molecular complexity index is 1860. The molecule has 2 N–H and O–H groups in total. The molecule has 2 spiro atoms. The van der Waals surface area contributed by atoms with Gasteiger partial charge in [-0.2, -0.15) is 0 Å². The molecule has 9 aliphatic rings. The Morgan fingerprint density at radius 1 is 0.686 bits per heavy atom. The van der Waals surface area contributed by atoms with E-state index in [2.05, 4.69) is 108 Å². The van der Waals surface area contributed by atoms with Crippen molar-refractivity contribution in [3.8, 4) is 0 Å². The molecule has 4 saturated heterocycles. The fourth-order valence-corrected chi connectivity index (χ4v) is 14.6. The number of para-hydroxylation sites is 2. The molecule has 2 saturated carbocycles. The summed E-state index contributed by atoms with van der Waals surface area (Å²) in [7, 11) is 0. The van der Waals surface area contributed by atoms with Crippen LogP contribution < -0.4 is 22.2 Å². The predicted molar refractivity (Wildman–Crippen MR) is 198 cm³/mol. The zero-order valence-corrected chi connectivity index (χ0v) is 30.3. The molecule has 2 aromatic carbocycles. The van der Waals surface area contributed by atoms with Gasteiger partial charge in [0, 0.05) is 61.3 Å². The average molecular weight is 702 g/mol. The van der Waals surface area contributed by atoms with Crippen LogP contribution in [-0.4, -0.2) is 95.8 Å². The first kappa shape index (κ1) is 32.3. The molecule has 10 atom stereocenters. The minimum atomic E-state index is 0. The van der Waals surface area contributed by atoms with Crippen molar-refractivity contribution < 1.29 is 31.6 Å². The molecule has 7 heteroatoms. The molecule has 7 heterocycles. The van der Waals surface area contributed by atoms with E-state index in [1.807, 2.05) is 0 Å². The fraction of sp³-hybridized carbons (Fsp3) is 0.455. The summed E-state index contributed by atoms with van der Waals surface area (Å²) < 4.78 is 2.12. The zero-order valence-electron chi connectivity index (χ0n) is 29.5. The molecule has 6 nitrogen and oxygen atoms in total. The maximum absolute atomic E-state index is 10.5. The van der Waals surface area contributed by atoms with Crippen LogP contribution in [0.15, 0.2) is 121 Å². The second-order valence-corrected chi connectivity index (χ2v) is 17.2. The largest absolute Gasteiger partial charge is 1.00 e. The summed E-state index contributed by atoms with van der Waals surface area (Å²) >= 11 is 0. The van der Waals surface area contributed by atoms with Gasteiger partial charge in [-0.15, -0.1) is 0 Å². The molecule has 51 heavy (non-hydrogen) atoms. The first-order chi connectivity index (χ1) is 24.5. The highest BCUT2D eigenvalue weighted by molar-refractivity contribution is 5.77. The van der Waals surface area contributed by atoms with Gasteiger partial charge < -0.3 is 41.4 Å². The van der Waals surface area contributed by atoms with Gasteiger partial charge in [0.05, 0.1) is 62.3 Å². The maximum atomic E-state index is 10.5. The van der Waals surface area contributed by atoms with Crippen LogP contribution in [0.1, 0.15) is 36.8 Å². The smallest absolute Gasteiger partial charge is 0.103 e. The van der Waals surface area contributed by atoms with Crippen LogP contribution in [0.4, 0.5) is 11.4 Å². The van der Waals surface area contributed by atoms with E-state index in [-0.39, 0.29) is 48.5 Å². The van der Waals surface area contributed by atoms with Crippen molar-refractivity contribution in [3.63, 3.8) is 0 Å².